The van der Waals surface area contributed by atoms with E-state index in [2.05, 4.69) is 9.97 Å². The fourth-order valence-electron chi connectivity index (χ4n) is 1.17. The molecule has 3 nitrogen and oxygen atoms in total. The van der Waals surface area contributed by atoms with E-state index in [9.17, 15) is 4.39 Å². The molecule has 0 aliphatic carbocycles. The minimum absolute atomic E-state index is 0.0740. The summed E-state index contributed by atoms with van der Waals surface area (Å²) < 4.78 is 17.9. The first-order chi connectivity index (χ1) is 7.29. The van der Waals surface area contributed by atoms with Crippen molar-refractivity contribution in [1.29, 1.82) is 0 Å². The summed E-state index contributed by atoms with van der Waals surface area (Å²) in [5.74, 6) is -0.0697. The highest BCUT2D eigenvalue weighted by Gasteiger charge is 2.07. The van der Waals surface area contributed by atoms with Crippen LogP contribution in [0.3, 0.4) is 0 Å². The largest absolute Gasteiger partial charge is 0.491 e. The van der Waals surface area contributed by atoms with Crippen LogP contribution in [0, 0.1) is 5.95 Å². The van der Waals surface area contributed by atoms with Gasteiger partial charge in [0.2, 0.25) is 0 Å². The molecule has 2 heterocycles. The van der Waals surface area contributed by atoms with Gasteiger partial charge in [0, 0.05) is 11.3 Å². The second-order valence-electron chi connectivity index (χ2n) is 2.90. The summed E-state index contributed by atoms with van der Waals surface area (Å²) in [6.07, 6.45) is 1.91. The van der Waals surface area contributed by atoms with Gasteiger partial charge in [-0.1, -0.05) is 6.07 Å². The van der Waals surface area contributed by atoms with Crippen molar-refractivity contribution < 1.29 is 9.13 Å². The number of methoxy groups -OCH3 is 1. The lowest BCUT2D eigenvalue weighted by Gasteiger charge is -2.01. The Balaban J connectivity index is 2.20. The smallest absolute Gasteiger partial charge is 0.258 e. The Kier molecular flexibility index (Phi) is 2.91. The van der Waals surface area contributed by atoms with Crippen LogP contribution in [-0.4, -0.2) is 17.1 Å². The van der Waals surface area contributed by atoms with Crippen molar-refractivity contribution in [3.8, 4) is 5.75 Å². The van der Waals surface area contributed by atoms with Gasteiger partial charge >= 0.3 is 0 Å². The molecule has 0 fully saturated rings. The van der Waals surface area contributed by atoms with Gasteiger partial charge in [0.05, 0.1) is 13.3 Å². The third-order valence-corrected chi connectivity index (χ3v) is 2.77. The predicted molar refractivity (Wildman–Crippen MR) is 55.7 cm³/mol. The van der Waals surface area contributed by atoms with Crippen LogP contribution in [0.1, 0.15) is 10.7 Å². The fourth-order valence-corrected chi connectivity index (χ4v) is 1.88. The molecule has 0 radical (unpaired) electrons. The highest BCUT2D eigenvalue weighted by molar-refractivity contribution is 7.09. The van der Waals surface area contributed by atoms with Crippen molar-refractivity contribution in [2.24, 2.45) is 0 Å². The van der Waals surface area contributed by atoms with Crippen molar-refractivity contribution in [3.05, 3.63) is 40.4 Å². The molecular formula is C10H9FN2OS. The highest BCUT2D eigenvalue weighted by Crippen LogP contribution is 2.16. The van der Waals surface area contributed by atoms with Crippen LogP contribution >= 0.6 is 11.3 Å². The van der Waals surface area contributed by atoms with Gasteiger partial charge in [0.25, 0.3) is 5.95 Å². The Morgan fingerprint density at radius 3 is 3.00 bits per heavy atom. The Hall–Kier alpha value is -1.49. The summed E-state index contributed by atoms with van der Waals surface area (Å²) in [4.78, 5) is 8.85. The van der Waals surface area contributed by atoms with Gasteiger partial charge in [-0.05, 0) is 11.4 Å². The summed E-state index contributed by atoms with van der Waals surface area (Å²) in [5.41, 5.74) is 0. The SMILES string of the molecule is COc1cnc(Cc2cccs2)nc1F. The van der Waals surface area contributed by atoms with E-state index in [0.717, 1.165) is 4.88 Å². The molecular weight excluding hydrogens is 215 g/mol. The van der Waals surface area contributed by atoms with E-state index in [0.29, 0.717) is 12.2 Å². The van der Waals surface area contributed by atoms with E-state index >= 15 is 0 Å². The highest BCUT2D eigenvalue weighted by atomic mass is 32.1. The maximum atomic E-state index is 13.2. The van der Waals surface area contributed by atoms with Crippen LogP contribution in [0.15, 0.2) is 23.7 Å². The van der Waals surface area contributed by atoms with E-state index in [4.69, 9.17) is 4.74 Å². The van der Waals surface area contributed by atoms with Crippen molar-refractivity contribution in [3.63, 3.8) is 0 Å². The number of nitrogens with zero attached hydrogens (tertiary/aromatic N) is 2. The second-order valence-corrected chi connectivity index (χ2v) is 3.93. The zero-order chi connectivity index (χ0) is 10.7. The van der Waals surface area contributed by atoms with Gasteiger partial charge in [-0.25, -0.2) is 9.97 Å². The van der Waals surface area contributed by atoms with Crippen molar-refractivity contribution in [2.45, 2.75) is 6.42 Å². The van der Waals surface area contributed by atoms with Crippen molar-refractivity contribution in [1.82, 2.24) is 9.97 Å². The maximum absolute atomic E-state index is 13.2. The Morgan fingerprint density at radius 2 is 2.40 bits per heavy atom. The molecule has 0 aliphatic heterocycles. The number of ether oxygens (including phenoxy) is 1. The first-order valence-corrected chi connectivity index (χ1v) is 5.25. The lowest BCUT2D eigenvalue weighted by molar-refractivity contribution is 0.373. The van der Waals surface area contributed by atoms with Gasteiger partial charge in [0.15, 0.2) is 5.75 Å². The molecule has 0 saturated heterocycles. The topological polar surface area (TPSA) is 35.0 Å². The van der Waals surface area contributed by atoms with E-state index in [1.165, 1.54) is 13.3 Å². The van der Waals surface area contributed by atoms with Crippen molar-refractivity contribution in [2.75, 3.05) is 7.11 Å². The molecule has 0 bridgehead atoms. The van der Waals surface area contributed by atoms with Crippen LogP contribution in [0.2, 0.25) is 0 Å². The molecule has 0 amide bonds. The fraction of sp³-hybridized carbons (Fsp3) is 0.200. The number of thiophene rings is 1. The monoisotopic (exact) mass is 224 g/mol. The van der Waals surface area contributed by atoms with Crippen LogP contribution in [0.5, 0.6) is 5.75 Å². The molecule has 0 saturated carbocycles. The average molecular weight is 224 g/mol. The van der Waals surface area contributed by atoms with Crippen LogP contribution in [0.25, 0.3) is 0 Å². The lowest BCUT2D eigenvalue weighted by atomic mass is 10.3. The van der Waals surface area contributed by atoms with E-state index < -0.39 is 5.95 Å². The molecule has 2 aromatic heterocycles. The van der Waals surface area contributed by atoms with E-state index in [1.807, 2.05) is 17.5 Å². The summed E-state index contributed by atoms with van der Waals surface area (Å²) in [7, 11) is 1.39. The third kappa shape index (κ3) is 2.30. The molecule has 0 N–H and O–H groups in total. The molecule has 0 atom stereocenters. The standard InChI is InChI=1S/C10H9FN2OS/c1-14-8-6-12-9(13-10(8)11)5-7-3-2-4-15-7/h2-4,6H,5H2,1H3. The lowest BCUT2D eigenvalue weighted by Crippen LogP contribution is -2.00. The van der Waals surface area contributed by atoms with Crippen molar-refractivity contribution >= 4 is 11.3 Å². The first-order valence-electron chi connectivity index (χ1n) is 4.37. The molecule has 0 aromatic carbocycles. The predicted octanol–water partition coefficient (Wildman–Crippen LogP) is 2.28. The number of hydrogen-bond acceptors (Lipinski definition) is 4. The van der Waals surface area contributed by atoms with E-state index in [-0.39, 0.29) is 5.75 Å². The van der Waals surface area contributed by atoms with Crippen LogP contribution in [0.4, 0.5) is 4.39 Å². The van der Waals surface area contributed by atoms with Crippen LogP contribution < -0.4 is 4.74 Å². The molecule has 78 valence electrons. The number of aromatic nitrogens is 2. The van der Waals surface area contributed by atoms with Gasteiger partial charge in [0.1, 0.15) is 5.82 Å². The molecule has 2 aromatic rings. The first kappa shape index (κ1) is 10.0. The van der Waals surface area contributed by atoms with Crippen LogP contribution in [-0.2, 0) is 6.42 Å². The van der Waals surface area contributed by atoms with Gasteiger partial charge in [-0.2, -0.15) is 4.39 Å². The zero-order valence-corrected chi connectivity index (χ0v) is 8.92. The quantitative estimate of drug-likeness (QED) is 0.750. The summed E-state index contributed by atoms with van der Waals surface area (Å²) in [6, 6.07) is 3.91. The number of halogens is 1. The Bertz CT molecular complexity index is 445. The summed E-state index contributed by atoms with van der Waals surface area (Å²) >= 11 is 1.60. The van der Waals surface area contributed by atoms with E-state index in [1.54, 1.807) is 11.3 Å². The van der Waals surface area contributed by atoms with Gasteiger partial charge in [-0.15, -0.1) is 11.3 Å². The molecule has 0 spiro atoms. The molecule has 15 heavy (non-hydrogen) atoms. The Morgan fingerprint density at radius 1 is 1.53 bits per heavy atom. The van der Waals surface area contributed by atoms with Gasteiger partial charge in [-0.3, -0.25) is 0 Å². The maximum Gasteiger partial charge on any atom is 0.258 e. The summed E-state index contributed by atoms with van der Waals surface area (Å²) in [5, 5.41) is 1.97. The Labute approximate surface area is 90.6 Å². The molecule has 0 unspecified atom stereocenters. The molecule has 5 heteroatoms. The molecule has 0 aliphatic rings. The van der Waals surface area contributed by atoms with Gasteiger partial charge < -0.3 is 4.74 Å². The molecule has 2 rings (SSSR count). The minimum atomic E-state index is -0.612. The third-order valence-electron chi connectivity index (χ3n) is 1.89. The second kappa shape index (κ2) is 4.35. The number of hydrogen-bond donors (Lipinski definition) is 0. The summed E-state index contributed by atoms with van der Waals surface area (Å²) in [6.45, 7) is 0. The number of rotatable bonds is 3. The zero-order valence-electron chi connectivity index (χ0n) is 8.11. The minimum Gasteiger partial charge on any atom is -0.491 e. The average Bonchev–Trinajstić information content (AvgIpc) is 2.71. The normalized spacial score (nSPS) is 10.3.